The number of hydrogen-bond donors (Lipinski definition) is 1. The van der Waals surface area contributed by atoms with Gasteiger partial charge < -0.3 is 5.32 Å². The Bertz CT molecular complexity index is 1220. The first-order valence-corrected chi connectivity index (χ1v) is 10.8. The van der Waals surface area contributed by atoms with Crippen molar-refractivity contribution in [1.29, 1.82) is 0 Å². The van der Waals surface area contributed by atoms with Gasteiger partial charge in [0, 0.05) is 11.4 Å². The zero-order chi connectivity index (χ0) is 21.8. The number of nitrogens with one attached hydrogen (secondary N) is 1. The molecule has 0 saturated heterocycles. The van der Waals surface area contributed by atoms with Crippen LogP contribution in [0.3, 0.4) is 0 Å². The monoisotopic (exact) mass is 415 g/mol. The number of rotatable bonds is 5. The fourth-order valence-electron chi connectivity index (χ4n) is 3.83. The molecule has 31 heavy (non-hydrogen) atoms. The minimum atomic E-state index is -0.284. The third kappa shape index (κ3) is 4.50. The fourth-order valence-corrected chi connectivity index (χ4v) is 3.83. The Morgan fingerprint density at radius 3 is 2.32 bits per heavy atom. The Labute approximate surface area is 181 Å². The second kappa shape index (κ2) is 9.13. The minimum absolute atomic E-state index is 0.00862. The highest BCUT2D eigenvalue weighted by molar-refractivity contribution is 5.82. The van der Waals surface area contributed by atoms with E-state index in [-0.39, 0.29) is 17.4 Å². The molecular weight excluding hydrogens is 389 g/mol. The quantitative estimate of drug-likeness (QED) is 0.416. The highest BCUT2D eigenvalue weighted by Gasteiger charge is 2.34. The first kappa shape index (κ1) is 20.8. The van der Waals surface area contributed by atoms with E-state index in [9.17, 15) is 9.18 Å². The number of nitrogens with zero attached hydrogens (tertiary/aromatic N) is 2. The van der Waals surface area contributed by atoms with Crippen LogP contribution in [0, 0.1) is 11.7 Å². The van der Waals surface area contributed by atoms with Crippen LogP contribution < -0.4 is 10.9 Å². The molecule has 3 aromatic carbocycles. The molecule has 1 atom stereocenters. The molecule has 0 bridgehead atoms. The smallest absolute Gasteiger partial charge is 0.261 e. The van der Waals surface area contributed by atoms with E-state index in [1.807, 2.05) is 50.2 Å². The summed E-state index contributed by atoms with van der Waals surface area (Å²) in [6, 6.07) is 21.8. The van der Waals surface area contributed by atoms with Crippen molar-refractivity contribution in [1.82, 2.24) is 9.55 Å². The van der Waals surface area contributed by atoms with Crippen LogP contribution in [0.4, 0.5) is 15.8 Å². The van der Waals surface area contributed by atoms with Gasteiger partial charge in [0.15, 0.2) is 0 Å². The van der Waals surface area contributed by atoms with Crippen molar-refractivity contribution in [2.45, 2.75) is 32.7 Å². The third-order valence-corrected chi connectivity index (χ3v) is 5.42. The molecule has 0 amide bonds. The molecule has 1 aliphatic carbocycles. The van der Waals surface area contributed by atoms with Crippen LogP contribution in [0.5, 0.6) is 0 Å². The lowest BCUT2D eigenvalue weighted by Crippen LogP contribution is -2.27. The van der Waals surface area contributed by atoms with Gasteiger partial charge in [-0.15, -0.1) is 0 Å². The van der Waals surface area contributed by atoms with Crippen molar-refractivity contribution >= 4 is 22.3 Å². The van der Waals surface area contributed by atoms with Crippen molar-refractivity contribution in [2.24, 2.45) is 5.92 Å². The van der Waals surface area contributed by atoms with Crippen LogP contribution in [-0.2, 0) is 0 Å². The molecule has 1 unspecified atom stereocenters. The molecular formula is C26H26FN3O. The van der Waals surface area contributed by atoms with E-state index in [1.54, 1.807) is 23.0 Å². The van der Waals surface area contributed by atoms with Crippen LogP contribution in [-0.4, -0.2) is 9.55 Å². The SMILES string of the molecule is CC.O=c1c2cc(Nc3ccc(F)cc3)ccc2ncn1C(c1ccccc1)C1CC1. The minimum Gasteiger partial charge on any atom is -0.356 e. The zero-order valence-corrected chi connectivity index (χ0v) is 17.8. The topological polar surface area (TPSA) is 46.9 Å². The van der Waals surface area contributed by atoms with Gasteiger partial charge >= 0.3 is 0 Å². The molecule has 1 N–H and O–H groups in total. The molecule has 1 aliphatic rings. The summed E-state index contributed by atoms with van der Waals surface area (Å²) in [5.41, 5.74) is 3.29. The van der Waals surface area contributed by atoms with E-state index in [1.165, 1.54) is 12.1 Å². The van der Waals surface area contributed by atoms with E-state index in [4.69, 9.17) is 0 Å². The first-order chi connectivity index (χ1) is 15.2. The lowest BCUT2D eigenvalue weighted by molar-refractivity contribution is 0.501. The second-order valence-electron chi connectivity index (χ2n) is 7.51. The average Bonchev–Trinajstić information content (AvgIpc) is 3.65. The summed E-state index contributed by atoms with van der Waals surface area (Å²) >= 11 is 0. The van der Waals surface area contributed by atoms with E-state index in [0.717, 1.165) is 29.8 Å². The van der Waals surface area contributed by atoms with Gasteiger partial charge in [0.2, 0.25) is 0 Å². The maximum Gasteiger partial charge on any atom is 0.261 e. The fraction of sp³-hybridized carbons (Fsp3) is 0.231. The third-order valence-electron chi connectivity index (χ3n) is 5.42. The second-order valence-corrected chi connectivity index (χ2v) is 7.51. The zero-order valence-electron chi connectivity index (χ0n) is 17.8. The van der Waals surface area contributed by atoms with Crippen LogP contribution >= 0.6 is 0 Å². The Morgan fingerprint density at radius 2 is 1.65 bits per heavy atom. The number of fused-ring (bicyclic) bond motifs is 1. The summed E-state index contributed by atoms with van der Waals surface area (Å²) in [7, 11) is 0. The molecule has 0 spiro atoms. The summed E-state index contributed by atoms with van der Waals surface area (Å²) < 4.78 is 14.9. The van der Waals surface area contributed by atoms with E-state index in [2.05, 4.69) is 22.4 Å². The molecule has 1 aromatic heterocycles. The standard InChI is InChI=1S/C24H20FN3O.C2H6/c25-18-8-10-19(11-9-18)27-20-12-13-22-21(14-20)24(29)28(15-26-22)23(17-6-7-17)16-4-2-1-3-5-16;1-2/h1-5,8-15,17,23,27H,6-7H2;1-2H3. The van der Waals surface area contributed by atoms with Gasteiger partial charge in [-0.25, -0.2) is 9.37 Å². The van der Waals surface area contributed by atoms with Crippen LogP contribution in [0.1, 0.15) is 38.3 Å². The normalized spacial score (nSPS) is 13.9. The highest BCUT2D eigenvalue weighted by atomic mass is 19.1. The van der Waals surface area contributed by atoms with Crippen molar-refractivity contribution < 1.29 is 4.39 Å². The number of anilines is 2. The maximum absolute atomic E-state index is 13.4. The Balaban J connectivity index is 0.00000112. The predicted molar refractivity (Wildman–Crippen MR) is 124 cm³/mol. The molecule has 4 nitrogen and oxygen atoms in total. The van der Waals surface area contributed by atoms with E-state index >= 15 is 0 Å². The van der Waals surface area contributed by atoms with Gasteiger partial charge in [0.1, 0.15) is 5.82 Å². The molecule has 158 valence electrons. The van der Waals surface area contributed by atoms with E-state index < -0.39 is 0 Å². The van der Waals surface area contributed by atoms with Gasteiger partial charge in [0.25, 0.3) is 5.56 Å². The molecule has 4 aromatic rings. The largest absolute Gasteiger partial charge is 0.356 e. The van der Waals surface area contributed by atoms with Crippen molar-refractivity contribution in [3.63, 3.8) is 0 Å². The molecule has 1 fully saturated rings. The van der Waals surface area contributed by atoms with Crippen molar-refractivity contribution in [3.05, 3.63) is 101 Å². The van der Waals surface area contributed by atoms with Crippen LogP contribution in [0.25, 0.3) is 10.9 Å². The summed E-state index contributed by atoms with van der Waals surface area (Å²) in [5.74, 6) is 0.183. The van der Waals surface area contributed by atoms with Gasteiger partial charge in [-0.1, -0.05) is 44.2 Å². The first-order valence-electron chi connectivity index (χ1n) is 10.8. The molecule has 1 heterocycles. The number of aromatic nitrogens is 2. The van der Waals surface area contributed by atoms with Gasteiger partial charge in [-0.3, -0.25) is 9.36 Å². The Morgan fingerprint density at radius 1 is 0.968 bits per heavy atom. The Kier molecular flexibility index (Phi) is 6.12. The average molecular weight is 416 g/mol. The van der Waals surface area contributed by atoms with Gasteiger partial charge in [0.05, 0.1) is 23.3 Å². The number of benzene rings is 3. The lowest BCUT2D eigenvalue weighted by Gasteiger charge is -2.20. The summed E-state index contributed by atoms with van der Waals surface area (Å²) in [6.07, 6.45) is 3.92. The predicted octanol–water partition coefficient (Wildman–Crippen LogP) is 6.30. The van der Waals surface area contributed by atoms with Gasteiger partial charge in [-0.05, 0) is 66.8 Å². The summed E-state index contributed by atoms with van der Waals surface area (Å²) in [4.78, 5) is 17.9. The molecule has 5 heteroatoms. The summed E-state index contributed by atoms with van der Waals surface area (Å²) in [5, 5.41) is 3.79. The molecule has 1 saturated carbocycles. The maximum atomic E-state index is 13.4. The molecule has 0 aliphatic heterocycles. The summed E-state index contributed by atoms with van der Waals surface area (Å²) in [6.45, 7) is 4.00. The van der Waals surface area contributed by atoms with E-state index in [0.29, 0.717) is 16.8 Å². The Hall–Kier alpha value is -3.47. The van der Waals surface area contributed by atoms with Gasteiger partial charge in [-0.2, -0.15) is 0 Å². The molecule has 5 rings (SSSR count). The van der Waals surface area contributed by atoms with Crippen molar-refractivity contribution in [3.8, 4) is 0 Å². The van der Waals surface area contributed by atoms with Crippen LogP contribution in [0.2, 0.25) is 0 Å². The highest BCUT2D eigenvalue weighted by Crippen LogP contribution is 2.42. The van der Waals surface area contributed by atoms with Crippen LogP contribution in [0.15, 0.2) is 83.9 Å². The molecule has 0 radical (unpaired) electrons. The van der Waals surface area contributed by atoms with Crippen molar-refractivity contribution in [2.75, 3.05) is 5.32 Å². The number of hydrogen-bond acceptors (Lipinski definition) is 3. The number of halogens is 1. The lowest BCUT2D eigenvalue weighted by atomic mass is 10.0.